The molecule has 66 valence electrons. The van der Waals surface area contributed by atoms with E-state index in [0.717, 1.165) is 0 Å². The molecule has 5 heteroatoms. The maximum absolute atomic E-state index is 11.2. The molecule has 0 aromatic carbocycles. The van der Waals surface area contributed by atoms with Crippen molar-refractivity contribution in [3.8, 4) is 6.19 Å². The maximum atomic E-state index is 11.2. The quantitative estimate of drug-likeness (QED) is 0.507. The Labute approximate surface area is 70.9 Å². The fraction of sp³-hybridized carbons (Fsp3) is 0.714. The highest BCUT2D eigenvalue weighted by Gasteiger charge is 2.27. The highest BCUT2D eigenvalue weighted by atomic mass is 16.5. The van der Waals surface area contributed by atoms with Gasteiger partial charge in [0.1, 0.15) is 6.04 Å². The van der Waals surface area contributed by atoms with Crippen LogP contribution in [-0.4, -0.2) is 43.7 Å². The average Bonchev–Trinajstić information content (AvgIpc) is 2.16. The second kappa shape index (κ2) is 3.93. The van der Waals surface area contributed by atoms with Gasteiger partial charge in [0.25, 0.3) is 0 Å². The van der Waals surface area contributed by atoms with Crippen molar-refractivity contribution in [3.05, 3.63) is 0 Å². The largest absolute Gasteiger partial charge is 0.377 e. The van der Waals surface area contributed by atoms with Gasteiger partial charge in [0.15, 0.2) is 6.19 Å². The van der Waals surface area contributed by atoms with Gasteiger partial charge in [-0.15, -0.1) is 0 Å². The van der Waals surface area contributed by atoms with E-state index in [-0.39, 0.29) is 5.91 Å². The monoisotopic (exact) mass is 169 g/mol. The minimum Gasteiger partial charge on any atom is -0.377 e. The predicted molar refractivity (Wildman–Crippen MR) is 41.0 cm³/mol. The lowest BCUT2D eigenvalue weighted by atomic mass is 10.2. The van der Waals surface area contributed by atoms with Crippen LogP contribution in [0.4, 0.5) is 0 Å². The number of carbonyl (C=O) groups excluding carboxylic acids is 1. The Morgan fingerprint density at radius 2 is 2.58 bits per heavy atom. The number of carbonyl (C=O) groups is 1. The number of hydrogen-bond acceptors (Lipinski definition) is 4. The first-order chi connectivity index (χ1) is 5.79. The Kier molecular flexibility index (Phi) is 2.88. The Hall–Kier alpha value is -1.28. The number of hydrogen-bond donors (Lipinski definition) is 1. The van der Waals surface area contributed by atoms with Crippen molar-refractivity contribution >= 4 is 5.91 Å². The molecule has 1 aliphatic heterocycles. The van der Waals surface area contributed by atoms with Crippen molar-refractivity contribution in [3.63, 3.8) is 0 Å². The first-order valence-electron chi connectivity index (χ1n) is 3.75. The number of ether oxygens (including phenoxy) is 1. The van der Waals surface area contributed by atoms with Gasteiger partial charge >= 0.3 is 0 Å². The number of likely N-dealkylation sites (N-methyl/N-ethyl adjacent to an activating group) is 1. The molecule has 0 saturated carbocycles. The summed E-state index contributed by atoms with van der Waals surface area (Å²) in [4.78, 5) is 12.6. The summed E-state index contributed by atoms with van der Waals surface area (Å²) in [6.07, 6.45) is 1.96. The number of nitrogens with one attached hydrogen (secondary N) is 1. The summed E-state index contributed by atoms with van der Waals surface area (Å²) >= 11 is 0. The highest BCUT2D eigenvalue weighted by Crippen LogP contribution is 2.04. The van der Waals surface area contributed by atoms with Crippen LogP contribution in [0.15, 0.2) is 0 Å². The van der Waals surface area contributed by atoms with Crippen molar-refractivity contribution in [2.45, 2.75) is 6.04 Å². The molecule has 1 N–H and O–H groups in total. The van der Waals surface area contributed by atoms with E-state index in [2.05, 4.69) is 5.32 Å². The van der Waals surface area contributed by atoms with Crippen LogP contribution in [0, 0.1) is 11.5 Å². The van der Waals surface area contributed by atoms with Crippen molar-refractivity contribution in [1.82, 2.24) is 10.2 Å². The fourth-order valence-electron chi connectivity index (χ4n) is 1.11. The molecule has 1 aliphatic rings. The summed E-state index contributed by atoms with van der Waals surface area (Å²) in [7, 11) is 1.55. The SMILES string of the molecule is CNC(=O)C1COCCN1C#N. The standard InChI is InChI=1S/C7H11N3O2/c1-9-7(11)6-4-12-3-2-10(6)5-8/h6H,2-4H2,1H3,(H,9,11). The summed E-state index contributed by atoms with van der Waals surface area (Å²) in [5.41, 5.74) is 0. The van der Waals surface area contributed by atoms with Gasteiger partial charge in [-0.2, -0.15) is 5.26 Å². The van der Waals surface area contributed by atoms with Crippen molar-refractivity contribution in [2.24, 2.45) is 0 Å². The van der Waals surface area contributed by atoms with Crippen LogP contribution in [0.5, 0.6) is 0 Å². The van der Waals surface area contributed by atoms with Gasteiger partial charge in [-0.05, 0) is 0 Å². The van der Waals surface area contributed by atoms with Crippen LogP contribution in [0.25, 0.3) is 0 Å². The molecule has 1 rings (SSSR count). The number of rotatable bonds is 1. The first kappa shape index (κ1) is 8.81. The van der Waals surface area contributed by atoms with Crippen molar-refractivity contribution < 1.29 is 9.53 Å². The van der Waals surface area contributed by atoms with Gasteiger partial charge in [0.2, 0.25) is 5.91 Å². The molecule has 0 radical (unpaired) electrons. The van der Waals surface area contributed by atoms with Gasteiger partial charge < -0.3 is 10.1 Å². The molecule has 12 heavy (non-hydrogen) atoms. The lowest BCUT2D eigenvalue weighted by Crippen LogP contribution is -2.50. The van der Waals surface area contributed by atoms with E-state index in [1.54, 1.807) is 7.05 Å². The second-order valence-corrected chi connectivity index (χ2v) is 2.50. The van der Waals surface area contributed by atoms with E-state index in [1.807, 2.05) is 6.19 Å². The fourth-order valence-corrected chi connectivity index (χ4v) is 1.11. The zero-order valence-corrected chi connectivity index (χ0v) is 6.91. The summed E-state index contributed by atoms with van der Waals surface area (Å²) in [5, 5.41) is 11.1. The Balaban J connectivity index is 2.60. The molecule has 0 bridgehead atoms. The minimum absolute atomic E-state index is 0.170. The summed E-state index contributed by atoms with van der Waals surface area (Å²) in [6.45, 7) is 1.31. The Morgan fingerprint density at radius 1 is 1.83 bits per heavy atom. The van der Waals surface area contributed by atoms with E-state index in [9.17, 15) is 4.79 Å². The third-order valence-electron chi connectivity index (χ3n) is 1.81. The number of morpholine rings is 1. The van der Waals surface area contributed by atoms with E-state index in [0.29, 0.717) is 19.8 Å². The van der Waals surface area contributed by atoms with Crippen LogP contribution in [0.2, 0.25) is 0 Å². The van der Waals surface area contributed by atoms with E-state index in [4.69, 9.17) is 10.00 Å². The number of nitriles is 1. The number of amides is 1. The molecule has 1 amide bonds. The van der Waals surface area contributed by atoms with E-state index < -0.39 is 6.04 Å². The molecule has 0 spiro atoms. The molecule has 0 aromatic heterocycles. The molecule has 5 nitrogen and oxygen atoms in total. The molecule has 1 unspecified atom stereocenters. The molecule has 1 saturated heterocycles. The summed E-state index contributed by atoms with van der Waals surface area (Å²) < 4.78 is 5.08. The predicted octanol–water partition coefficient (Wildman–Crippen LogP) is -1.09. The van der Waals surface area contributed by atoms with Crippen molar-refractivity contribution in [2.75, 3.05) is 26.8 Å². The molecule has 1 fully saturated rings. The zero-order valence-electron chi connectivity index (χ0n) is 6.91. The van der Waals surface area contributed by atoms with Crippen LogP contribution in [-0.2, 0) is 9.53 Å². The molecular weight excluding hydrogens is 158 g/mol. The van der Waals surface area contributed by atoms with Crippen LogP contribution in [0.1, 0.15) is 0 Å². The number of nitrogens with zero attached hydrogens (tertiary/aromatic N) is 2. The summed E-state index contributed by atoms with van der Waals surface area (Å²) in [6, 6.07) is -0.450. The molecule has 1 atom stereocenters. The maximum Gasteiger partial charge on any atom is 0.245 e. The van der Waals surface area contributed by atoms with E-state index in [1.165, 1.54) is 4.90 Å². The van der Waals surface area contributed by atoms with E-state index >= 15 is 0 Å². The topological polar surface area (TPSA) is 65.4 Å². The minimum atomic E-state index is -0.450. The zero-order chi connectivity index (χ0) is 8.97. The van der Waals surface area contributed by atoms with Crippen molar-refractivity contribution in [1.29, 1.82) is 5.26 Å². The third-order valence-corrected chi connectivity index (χ3v) is 1.81. The van der Waals surface area contributed by atoms with Crippen LogP contribution < -0.4 is 5.32 Å². The lowest BCUT2D eigenvalue weighted by Gasteiger charge is -2.29. The molecule has 1 heterocycles. The van der Waals surface area contributed by atoms with Gasteiger partial charge in [-0.1, -0.05) is 0 Å². The van der Waals surface area contributed by atoms with Gasteiger partial charge in [0, 0.05) is 7.05 Å². The van der Waals surface area contributed by atoms with Crippen LogP contribution >= 0.6 is 0 Å². The van der Waals surface area contributed by atoms with Gasteiger partial charge in [-0.25, -0.2) is 0 Å². The Morgan fingerprint density at radius 3 is 3.17 bits per heavy atom. The third kappa shape index (κ3) is 1.66. The van der Waals surface area contributed by atoms with Gasteiger partial charge in [0.05, 0.1) is 19.8 Å². The molecular formula is C7H11N3O2. The lowest BCUT2D eigenvalue weighted by molar-refractivity contribution is -0.129. The molecule has 0 aromatic rings. The average molecular weight is 169 g/mol. The first-order valence-corrected chi connectivity index (χ1v) is 3.75. The summed E-state index contributed by atoms with van der Waals surface area (Å²) in [5.74, 6) is -0.170. The highest BCUT2D eigenvalue weighted by molar-refractivity contribution is 5.81. The normalized spacial score (nSPS) is 23.0. The molecule has 0 aliphatic carbocycles. The second-order valence-electron chi connectivity index (χ2n) is 2.50. The smallest absolute Gasteiger partial charge is 0.245 e. The van der Waals surface area contributed by atoms with Crippen LogP contribution in [0.3, 0.4) is 0 Å². The Bertz CT molecular complexity index is 211. The van der Waals surface area contributed by atoms with Gasteiger partial charge in [-0.3, -0.25) is 9.69 Å².